The quantitative estimate of drug-likeness (QED) is 0.724. The maximum atomic E-state index is 12.4. The first-order chi connectivity index (χ1) is 11.5. The van der Waals surface area contributed by atoms with Crippen molar-refractivity contribution in [1.29, 1.82) is 0 Å². The molecule has 0 spiro atoms. The Balaban J connectivity index is 1.93. The van der Waals surface area contributed by atoms with Gasteiger partial charge in [0.1, 0.15) is 5.75 Å². The van der Waals surface area contributed by atoms with Crippen LogP contribution in [0, 0.1) is 5.41 Å². The Labute approximate surface area is 140 Å². The van der Waals surface area contributed by atoms with Gasteiger partial charge in [0.05, 0.1) is 30.1 Å². The van der Waals surface area contributed by atoms with Crippen molar-refractivity contribution >= 4 is 11.4 Å². The van der Waals surface area contributed by atoms with E-state index in [9.17, 15) is 4.79 Å². The Kier molecular flexibility index (Phi) is 3.20. The molecule has 4 rings (SSSR count). The smallest absolute Gasteiger partial charge is 0.166 e. The number of ketones is 1. The number of para-hydroxylation sites is 1. The number of hydrogen-bond acceptors (Lipinski definition) is 4. The highest BCUT2D eigenvalue weighted by Gasteiger charge is 2.32. The second-order valence-electron chi connectivity index (χ2n) is 7.07. The molecule has 0 saturated heterocycles. The fourth-order valence-electron chi connectivity index (χ4n) is 3.42. The average Bonchev–Trinajstić information content (AvgIpc) is 2.95. The maximum Gasteiger partial charge on any atom is 0.166 e. The van der Waals surface area contributed by atoms with E-state index in [4.69, 9.17) is 9.72 Å². The van der Waals surface area contributed by atoms with Crippen molar-refractivity contribution < 1.29 is 9.53 Å². The van der Waals surface area contributed by atoms with Crippen molar-refractivity contribution in [3.63, 3.8) is 0 Å². The molecular weight excluding hydrogens is 302 g/mol. The number of fused-ring (bicyclic) bond motifs is 2. The maximum absolute atomic E-state index is 12.4. The number of methoxy groups -OCH3 is 1. The summed E-state index contributed by atoms with van der Waals surface area (Å²) in [4.78, 5) is 17.2. The zero-order valence-electron chi connectivity index (χ0n) is 14.0. The van der Waals surface area contributed by atoms with Crippen LogP contribution >= 0.6 is 0 Å². The van der Waals surface area contributed by atoms with Gasteiger partial charge in [-0.05, 0) is 17.9 Å². The molecule has 0 bridgehead atoms. The van der Waals surface area contributed by atoms with Gasteiger partial charge in [-0.1, -0.05) is 32.0 Å². The summed E-state index contributed by atoms with van der Waals surface area (Å²) in [6.07, 6.45) is 4.93. The number of ether oxygens (including phenoxy) is 1. The lowest BCUT2D eigenvalue weighted by Crippen LogP contribution is -2.28. The molecule has 0 radical (unpaired) electrons. The number of nitrogens with zero attached hydrogens (tertiary/aromatic N) is 3. The summed E-state index contributed by atoms with van der Waals surface area (Å²) >= 11 is 0. The molecule has 122 valence electrons. The van der Waals surface area contributed by atoms with E-state index in [1.165, 1.54) is 0 Å². The predicted octanol–water partition coefficient (Wildman–Crippen LogP) is 3.56. The highest BCUT2D eigenvalue weighted by atomic mass is 16.5. The van der Waals surface area contributed by atoms with Crippen molar-refractivity contribution in [2.45, 2.75) is 26.7 Å². The van der Waals surface area contributed by atoms with Crippen LogP contribution < -0.4 is 4.74 Å². The third-order valence-electron chi connectivity index (χ3n) is 4.55. The fraction of sp³-hybridized carbons (Fsp3) is 0.316. The van der Waals surface area contributed by atoms with Crippen LogP contribution in [-0.4, -0.2) is 27.5 Å². The largest absolute Gasteiger partial charge is 0.496 e. The van der Waals surface area contributed by atoms with Crippen molar-refractivity contribution in [1.82, 2.24) is 14.6 Å². The normalized spacial score (nSPS) is 16.2. The van der Waals surface area contributed by atoms with E-state index in [0.717, 1.165) is 34.6 Å². The summed E-state index contributed by atoms with van der Waals surface area (Å²) in [5.74, 6) is 0.924. The van der Waals surface area contributed by atoms with Crippen LogP contribution in [0.4, 0.5) is 0 Å². The molecule has 0 aliphatic heterocycles. The third kappa shape index (κ3) is 2.28. The minimum atomic E-state index is -0.0555. The Morgan fingerprint density at radius 1 is 1.12 bits per heavy atom. The molecule has 0 N–H and O–H groups in total. The molecule has 0 saturated carbocycles. The monoisotopic (exact) mass is 321 g/mol. The highest BCUT2D eigenvalue weighted by Crippen LogP contribution is 2.36. The lowest BCUT2D eigenvalue weighted by Gasteiger charge is -2.29. The molecule has 1 aliphatic rings. The summed E-state index contributed by atoms with van der Waals surface area (Å²) < 4.78 is 7.15. The third-order valence-corrected chi connectivity index (χ3v) is 4.55. The number of Topliss-reactive ketones (excluding diaryl/α,β-unsaturated/α-hetero) is 1. The first kappa shape index (κ1) is 14.9. The van der Waals surface area contributed by atoms with E-state index in [1.807, 2.05) is 30.5 Å². The summed E-state index contributed by atoms with van der Waals surface area (Å²) in [6.45, 7) is 4.22. The molecule has 0 unspecified atom stereocenters. The van der Waals surface area contributed by atoms with Gasteiger partial charge in [-0.25, -0.2) is 9.50 Å². The SMILES string of the molecule is COc1ccccc1-c1cnn2cc3c(nc12)CC(C)(C)CC3=O. The predicted molar refractivity (Wildman–Crippen MR) is 91.4 cm³/mol. The summed E-state index contributed by atoms with van der Waals surface area (Å²) in [5.41, 5.74) is 4.11. The van der Waals surface area contributed by atoms with E-state index in [0.29, 0.717) is 12.0 Å². The topological polar surface area (TPSA) is 56.5 Å². The first-order valence-electron chi connectivity index (χ1n) is 8.02. The number of carbonyl (C=O) groups excluding carboxylic acids is 1. The zero-order valence-corrected chi connectivity index (χ0v) is 14.0. The van der Waals surface area contributed by atoms with Gasteiger partial charge in [0, 0.05) is 18.2 Å². The summed E-state index contributed by atoms with van der Waals surface area (Å²) in [5, 5.41) is 4.40. The van der Waals surface area contributed by atoms with E-state index >= 15 is 0 Å². The van der Waals surface area contributed by atoms with Gasteiger partial charge in [0.15, 0.2) is 11.4 Å². The molecule has 5 nitrogen and oxygen atoms in total. The molecule has 5 heteroatoms. The van der Waals surface area contributed by atoms with Crippen LogP contribution in [0.5, 0.6) is 5.75 Å². The highest BCUT2D eigenvalue weighted by molar-refractivity contribution is 5.98. The number of benzene rings is 1. The summed E-state index contributed by atoms with van der Waals surface area (Å²) in [7, 11) is 1.65. The van der Waals surface area contributed by atoms with Gasteiger partial charge in [0.2, 0.25) is 0 Å². The second kappa shape index (κ2) is 5.16. The average molecular weight is 321 g/mol. The van der Waals surface area contributed by atoms with Gasteiger partial charge in [-0.3, -0.25) is 4.79 Å². The molecule has 24 heavy (non-hydrogen) atoms. The van der Waals surface area contributed by atoms with Crippen LogP contribution in [-0.2, 0) is 6.42 Å². The van der Waals surface area contributed by atoms with Crippen LogP contribution in [0.1, 0.15) is 36.3 Å². The van der Waals surface area contributed by atoms with Crippen molar-refractivity contribution in [3.05, 3.63) is 47.9 Å². The molecule has 1 aliphatic carbocycles. The lowest BCUT2D eigenvalue weighted by atomic mass is 9.76. The van der Waals surface area contributed by atoms with Gasteiger partial charge in [-0.2, -0.15) is 5.10 Å². The lowest BCUT2D eigenvalue weighted by molar-refractivity contribution is 0.0909. The zero-order chi connectivity index (χ0) is 16.9. The molecule has 0 fully saturated rings. The summed E-state index contributed by atoms with van der Waals surface area (Å²) in [6, 6.07) is 7.81. The standard InChI is InChI=1S/C19H19N3O2/c1-19(2)8-15-14(16(23)9-19)11-22-18(21-15)13(10-20-22)12-6-4-5-7-17(12)24-3/h4-7,10-11H,8-9H2,1-3H3. The number of rotatable bonds is 2. The fourth-order valence-corrected chi connectivity index (χ4v) is 3.42. The Bertz CT molecular complexity index is 956. The second-order valence-corrected chi connectivity index (χ2v) is 7.07. The van der Waals surface area contributed by atoms with Gasteiger partial charge in [0.25, 0.3) is 0 Å². The minimum Gasteiger partial charge on any atom is -0.496 e. The molecular formula is C19H19N3O2. The van der Waals surface area contributed by atoms with E-state index in [1.54, 1.807) is 17.8 Å². The van der Waals surface area contributed by atoms with Crippen molar-refractivity contribution in [3.8, 4) is 16.9 Å². The molecule has 3 aromatic rings. The Morgan fingerprint density at radius 2 is 1.92 bits per heavy atom. The van der Waals surface area contributed by atoms with Crippen molar-refractivity contribution in [2.75, 3.05) is 7.11 Å². The van der Waals surface area contributed by atoms with Gasteiger partial charge >= 0.3 is 0 Å². The van der Waals surface area contributed by atoms with E-state index in [2.05, 4.69) is 18.9 Å². The molecule has 0 amide bonds. The number of carbonyl (C=O) groups is 1. The van der Waals surface area contributed by atoms with Gasteiger partial charge < -0.3 is 4.74 Å². The van der Waals surface area contributed by atoms with Crippen LogP contribution in [0.3, 0.4) is 0 Å². The van der Waals surface area contributed by atoms with Crippen LogP contribution in [0.2, 0.25) is 0 Å². The van der Waals surface area contributed by atoms with Gasteiger partial charge in [-0.15, -0.1) is 0 Å². The van der Waals surface area contributed by atoms with Crippen molar-refractivity contribution in [2.24, 2.45) is 5.41 Å². The first-order valence-corrected chi connectivity index (χ1v) is 8.02. The van der Waals surface area contributed by atoms with Crippen LogP contribution in [0.15, 0.2) is 36.7 Å². The molecule has 2 heterocycles. The molecule has 1 aromatic carbocycles. The van der Waals surface area contributed by atoms with E-state index < -0.39 is 0 Å². The minimum absolute atomic E-state index is 0.0555. The Morgan fingerprint density at radius 3 is 2.71 bits per heavy atom. The Hall–Kier alpha value is -2.69. The van der Waals surface area contributed by atoms with Crippen LogP contribution in [0.25, 0.3) is 16.8 Å². The van der Waals surface area contributed by atoms with E-state index in [-0.39, 0.29) is 11.2 Å². The number of hydrogen-bond donors (Lipinski definition) is 0. The molecule has 2 aromatic heterocycles. The molecule has 0 atom stereocenters. The number of aromatic nitrogens is 3.